The van der Waals surface area contributed by atoms with E-state index >= 15 is 0 Å². The highest BCUT2D eigenvalue weighted by molar-refractivity contribution is 8.16. The number of hydrogen-bond acceptors (Lipinski definition) is 7. The fourth-order valence-corrected chi connectivity index (χ4v) is 4.19. The lowest BCUT2D eigenvalue weighted by molar-refractivity contribution is -0.125. The van der Waals surface area contributed by atoms with Gasteiger partial charge in [0, 0.05) is 18.9 Å². The number of thioether (sulfide) groups is 1. The molecule has 2 aliphatic rings. The van der Waals surface area contributed by atoms with Gasteiger partial charge in [0.15, 0.2) is 0 Å². The van der Waals surface area contributed by atoms with Crippen molar-refractivity contribution in [2.75, 3.05) is 19.4 Å². The molecular weight excluding hydrogens is 390 g/mol. The molecule has 2 atom stereocenters. The van der Waals surface area contributed by atoms with Crippen molar-refractivity contribution in [1.29, 1.82) is 0 Å². The zero-order chi connectivity index (χ0) is 21.0. The van der Waals surface area contributed by atoms with Gasteiger partial charge in [0.1, 0.15) is 22.1 Å². The lowest BCUT2D eigenvalue weighted by atomic mass is 10.0. The van der Waals surface area contributed by atoms with Gasteiger partial charge in [0.2, 0.25) is 5.91 Å². The first-order valence-electron chi connectivity index (χ1n) is 10.1. The molecule has 1 aliphatic heterocycles. The van der Waals surface area contributed by atoms with Crippen LogP contribution in [0.3, 0.4) is 0 Å². The average molecular weight is 420 g/mol. The van der Waals surface area contributed by atoms with Gasteiger partial charge in [0.05, 0.1) is 24.4 Å². The van der Waals surface area contributed by atoms with Crippen LogP contribution in [0, 0.1) is 5.92 Å². The normalized spacial score (nSPS) is 22.9. The Labute approximate surface area is 175 Å². The van der Waals surface area contributed by atoms with Crippen molar-refractivity contribution in [2.24, 2.45) is 15.9 Å². The predicted molar refractivity (Wildman–Crippen MR) is 116 cm³/mol. The molecule has 1 unspecified atom stereocenters. The Morgan fingerprint density at radius 2 is 2.24 bits per heavy atom. The van der Waals surface area contributed by atoms with Crippen molar-refractivity contribution in [3.8, 4) is 5.75 Å². The molecule has 1 aromatic rings. The number of rotatable bonds is 9. The van der Waals surface area contributed by atoms with Crippen LogP contribution in [0.2, 0.25) is 0 Å². The SMILES string of the molecule is CCC[C@@H](NC(=O)C1(C)CSC(C(C)=NC)=N1)c1cc(OCC2CC2)cc(=O)o1. The molecule has 1 aromatic heterocycles. The quantitative estimate of drug-likeness (QED) is 0.620. The van der Waals surface area contributed by atoms with E-state index in [1.165, 1.54) is 30.7 Å². The summed E-state index contributed by atoms with van der Waals surface area (Å²) in [6.07, 6.45) is 3.81. The van der Waals surface area contributed by atoms with Crippen LogP contribution in [0.4, 0.5) is 0 Å². The molecule has 0 saturated heterocycles. The molecule has 1 N–H and O–H groups in total. The summed E-state index contributed by atoms with van der Waals surface area (Å²) in [7, 11) is 1.71. The minimum Gasteiger partial charge on any atom is -0.493 e. The zero-order valence-electron chi connectivity index (χ0n) is 17.5. The van der Waals surface area contributed by atoms with Crippen LogP contribution in [-0.4, -0.2) is 41.6 Å². The summed E-state index contributed by atoms with van der Waals surface area (Å²) < 4.78 is 11.2. The lowest BCUT2D eigenvalue weighted by Gasteiger charge is -2.24. The smallest absolute Gasteiger partial charge is 0.339 e. The summed E-state index contributed by atoms with van der Waals surface area (Å²) in [5, 5.41) is 3.83. The minimum atomic E-state index is -0.877. The standard InChI is InChI=1S/C21H29N3O4S/c1-5-6-16(17-9-15(10-18(25)28-17)27-11-14-7-8-14)23-20(26)21(3)12-29-19(24-21)13(2)22-4/h9-10,14,16H,5-8,11-12H2,1-4H3,(H,23,26)/t16-,21?/m1/s1. The van der Waals surface area contributed by atoms with Gasteiger partial charge in [-0.2, -0.15) is 0 Å². The third-order valence-electron chi connectivity index (χ3n) is 5.14. The largest absolute Gasteiger partial charge is 0.493 e. The summed E-state index contributed by atoms with van der Waals surface area (Å²) in [6, 6.07) is 2.67. The molecule has 1 amide bonds. The minimum absolute atomic E-state index is 0.186. The van der Waals surface area contributed by atoms with E-state index in [9.17, 15) is 9.59 Å². The fraction of sp³-hybridized carbons (Fsp3) is 0.619. The van der Waals surface area contributed by atoms with Gasteiger partial charge in [-0.3, -0.25) is 14.8 Å². The summed E-state index contributed by atoms with van der Waals surface area (Å²) in [5.74, 6) is 1.86. The van der Waals surface area contributed by atoms with E-state index < -0.39 is 17.2 Å². The fourth-order valence-electron chi connectivity index (χ4n) is 3.01. The van der Waals surface area contributed by atoms with E-state index in [4.69, 9.17) is 9.15 Å². The van der Waals surface area contributed by atoms with Crippen molar-refractivity contribution in [3.05, 3.63) is 28.3 Å². The molecule has 29 heavy (non-hydrogen) atoms. The Morgan fingerprint density at radius 3 is 2.90 bits per heavy atom. The third kappa shape index (κ3) is 5.50. The summed E-state index contributed by atoms with van der Waals surface area (Å²) in [4.78, 5) is 33.9. The summed E-state index contributed by atoms with van der Waals surface area (Å²) >= 11 is 1.53. The van der Waals surface area contributed by atoms with Gasteiger partial charge >= 0.3 is 5.63 Å². The van der Waals surface area contributed by atoms with E-state index in [1.807, 2.05) is 20.8 Å². The lowest BCUT2D eigenvalue weighted by Crippen LogP contribution is -2.45. The molecule has 3 rings (SSSR count). The highest BCUT2D eigenvalue weighted by Gasteiger charge is 2.40. The molecule has 1 aliphatic carbocycles. The molecule has 0 aromatic carbocycles. The van der Waals surface area contributed by atoms with Crippen molar-refractivity contribution < 1.29 is 13.9 Å². The van der Waals surface area contributed by atoms with Crippen LogP contribution < -0.4 is 15.7 Å². The Bertz CT molecular complexity index is 875. The van der Waals surface area contributed by atoms with Gasteiger partial charge in [-0.15, -0.1) is 11.8 Å². The van der Waals surface area contributed by atoms with Gasteiger partial charge in [-0.25, -0.2) is 4.79 Å². The molecule has 2 heterocycles. The van der Waals surface area contributed by atoms with Gasteiger partial charge < -0.3 is 14.5 Å². The maximum absolute atomic E-state index is 13.1. The van der Waals surface area contributed by atoms with E-state index in [0.717, 1.165) is 17.2 Å². The van der Waals surface area contributed by atoms with Crippen LogP contribution in [0.25, 0.3) is 0 Å². The Morgan fingerprint density at radius 1 is 1.48 bits per heavy atom. The van der Waals surface area contributed by atoms with E-state index in [0.29, 0.717) is 36.2 Å². The van der Waals surface area contributed by atoms with E-state index in [-0.39, 0.29) is 5.91 Å². The number of hydrogen-bond donors (Lipinski definition) is 1. The van der Waals surface area contributed by atoms with Gasteiger partial charge in [-0.05, 0) is 39.0 Å². The first-order chi connectivity index (χ1) is 13.8. The highest BCUT2D eigenvalue weighted by Crippen LogP contribution is 2.31. The molecule has 158 valence electrons. The Kier molecular flexibility index (Phi) is 6.82. The average Bonchev–Trinajstić information content (AvgIpc) is 3.44. The topological polar surface area (TPSA) is 93.3 Å². The third-order valence-corrected chi connectivity index (χ3v) is 6.51. The Balaban J connectivity index is 1.77. The van der Waals surface area contributed by atoms with E-state index in [2.05, 4.69) is 15.3 Å². The maximum Gasteiger partial charge on any atom is 0.339 e. The van der Waals surface area contributed by atoms with Crippen molar-refractivity contribution in [2.45, 2.75) is 58.0 Å². The summed E-state index contributed by atoms with van der Waals surface area (Å²) in [5.41, 5.74) is -0.525. The molecule has 0 bridgehead atoms. The van der Waals surface area contributed by atoms with Gasteiger partial charge in [-0.1, -0.05) is 13.3 Å². The first kappa shape index (κ1) is 21.6. The maximum atomic E-state index is 13.1. The Hall–Kier alpha value is -2.09. The number of ether oxygens (including phenoxy) is 1. The molecule has 1 fully saturated rings. The summed E-state index contributed by atoms with van der Waals surface area (Å²) in [6.45, 7) is 6.34. The number of carbonyl (C=O) groups is 1. The van der Waals surface area contributed by atoms with Crippen LogP contribution >= 0.6 is 11.8 Å². The number of aliphatic imine (C=N–C) groups is 2. The van der Waals surface area contributed by atoms with Gasteiger partial charge in [0.25, 0.3) is 0 Å². The van der Waals surface area contributed by atoms with Crippen LogP contribution in [0.5, 0.6) is 5.75 Å². The zero-order valence-corrected chi connectivity index (χ0v) is 18.3. The molecule has 0 spiro atoms. The second-order valence-electron chi connectivity index (χ2n) is 7.87. The van der Waals surface area contributed by atoms with Crippen LogP contribution in [0.1, 0.15) is 58.3 Å². The van der Waals surface area contributed by atoms with E-state index in [1.54, 1.807) is 13.1 Å². The highest BCUT2D eigenvalue weighted by atomic mass is 32.2. The molecule has 0 radical (unpaired) electrons. The number of amides is 1. The number of nitrogens with one attached hydrogen (secondary N) is 1. The second kappa shape index (κ2) is 9.15. The number of nitrogens with zero attached hydrogens (tertiary/aromatic N) is 2. The molecule has 8 heteroatoms. The number of carbonyl (C=O) groups excluding carboxylic acids is 1. The van der Waals surface area contributed by atoms with Crippen molar-refractivity contribution >= 4 is 28.4 Å². The monoisotopic (exact) mass is 419 g/mol. The predicted octanol–water partition coefficient (Wildman–Crippen LogP) is 3.38. The molecule has 1 saturated carbocycles. The molecule has 7 nitrogen and oxygen atoms in total. The van der Waals surface area contributed by atoms with Crippen LogP contribution in [-0.2, 0) is 4.79 Å². The van der Waals surface area contributed by atoms with Crippen molar-refractivity contribution in [3.63, 3.8) is 0 Å². The molecular formula is C21H29N3O4S. The van der Waals surface area contributed by atoms with Crippen molar-refractivity contribution in [1.82, 2.24) is 5.32 Å². The first-order valence-corrected chi connectivity index (χ1v) is 11.1. The second-order valence-corrected chi connectivity index (χ2v) is 8.84. The van der Waals surface area contributed by atoms with Crippen LogP contribution in [0.15, 0.2) is 31.3 Å².